The van der Waals surface area contributed by atoms with E-state index in [1.165, 1.54) is 0 Å². The molecule has 0 aromatic carbocycles. The lowest BCUT2D eigenvalue weighted by molar-refractivity contribution is -0.171. The van der Waals surface area contributed by atoms with Crippen LogP contribution in [-0.4, -0.2) is 63.7 Å². The van der Waals surface area contributed by atoms with Crippen LogP contribution in [0, 0.1) is 0 Å². The Hall–Kier alpha value is -1.02. The Morgan fingerprint density at radius 2 is 1.93 bits per heavy atom. The van der Waals surface area contributed by atoms with Crippen LogP contribution in [-0.2, 0) is 14.3 Å². The second kappa shape index (κ2) is 6.46. The van der Waals surface area contributed by atoms with E-state index in [-0.39, 0.29) is 6.29 Å². The number of aliphatic hydroxyl groups is 4. The Morgan fingerprint density at radius 3 is 2.27 bits per heavy atom. The highest BCUT2D eigenvalue weighted by Crippen LogP contribution is 2.08. The molecule has 0 aromatic rings. The quantitative estimate of drug-likeness (QED) is 0.282. The van der Waals surface area contributed by atoms with Crippen LogP contribution in [0.4, 0.5) is 0 Å². The minimum absolute atomic E-state index is 0.0565. The van der Waals surface area contributed by atoms with Gasteiger partial charge in [-0.1, -0.05) is 0 Å². The van der Waals surface area contributed by atoms with Crippen molar-refractivity contribution in [2.75, 3.05) is 6.61 Å². The molecule has 7 nitrogen and oxygen atoms in total. The van der Waals surface area contributed by atoms with Crippen LogP contribution in [0.5, 0.6) is 0 Å². The summed E-state index contributed by atoms with van der Waals surface area (Å²) in [6.45, 7) is 0.229. The highest BCUT2D eigenvalue weighted by atomic mass is 16.6. The Balaban J connectivity index is 4.60. The molecule has 0 spiro atoms. The van der Waals surface area contributed by atoms with Gasteiger partial charge in [-0.3, -0.25) is 4.79 Å². The second-order valence-electron chi connectivity index (χ2n) is 2.94. The van der Waals surface area contributed by atoms with Gasteiger partial charge in [0, 0.05) is 6.92 Å². The van der Waals surface area contributed by atoms with Crippen molar-refractivity contribution in [3.8, 4) is 0 Å². The Kier molecular flexibility index (Phi) is 6.02. The van der Waals surface area contributed by atoms with Crippen LogP contribution in [0.3, 0.4) is 0 Å². The predicted molar refractivity (Wildman–Crippen MR) is 46.7 cm³/mol. The van der Waals surface area contributed by atoms with E-state index in [2.05, 4.69) is 4.74 Å². The zero-order chi connectivity index (χ0) is 12.0. The number of esters is 1. The molecular formula is C8H14O7. The largest absolute Gasteiger partial charge is 0.456 e. The van der Waals surface area contributed by atoms with Crippen LogP contribution in [0.1, 0.15) is 6.92 Å². The molecule has 0 unspecified atom stereocenters. The van der Waals surface area contributed by atoms with Crippen molar-refractivity contribution in [2.45, 2.75) is 31.3 Å². The number of carbonyl (C=O) groups excluding carboxylic acids is 2. The van der Waals surface area contributed by atoms with Crippen LogP contribution >= 0.6 is 0 Å². The topological polar surface area (TPSA) is 124 Å². The van der Waals surface area contributed by atoms with Gasteiger partial charge in [0.1, 0.15) is 18.3 Å². The van der Waals surface area contributed by atoms with Gasteiger partial charge >= 0.3 is 5.97 Å². The third kappa shape index (κ3) is 4.34. The van der Waals surface area contributed by atoms with E-state index in [0.717, 1.165) is 6.92 Å². The molecule has 0 rings (SSSR count). The Morgan fingerprint density at radius 1 is 1.40 bits per heavy atom. The minimum atomic E-state index is -1.76. The predicted octanol–water partition coefficient (Wildman–Crippen LogP) is -2.81. The summed E-state index contributed by atoms with van der Waals surface area (Å²) >= 11 is 0. The lowest BCUT2D eigenvalue weighted by Gasteiger charge is -2.26. The van der Waals surface area contributed by atoms with E-state index >= 15 is 0 Å². The summed E-state index contributed by atoms with van der Waals surface area (Å²) in [7, 11) is 0. The van der Waals surface area contributed by atoms with Crippen LogP contribution in [0.15, 0.2) is 0 Å². The summed E-state index contributed by atoms with van der Waals surface area (Å²) in [5, 5.41) is 36.0. The summed E-state index contributed by atoms with van der Waals surface area (Å²) in [5.74, 6) is -0.829. The fourth-order valence-corrected chi connectivity index (χ4v) is 0.937. The molecule has 7 heteroatoms. The van der Waals surface area contributed by atoms with Crippen molar-refractivity contribution in [3.63, 3.8) is 0 Å². The summed E-state index contributed by atoms with van der Waals surface area (Å²) in [6, 6.07) is 0. The maximum atomic E-state index is 10.6. The van der Waals surface area contributed by atoms with Crippen LogP contribution < -0.4 is 0 Å². The molecule has 4 atom stereocenters. The third-order valence-corrected chi connectivity index (χ3v) is 1.70. The first-order valence-corrected chi connectivity index (χ1v) is 4.21. The van der Waals surface area contributed by atoms with Crippen molar-refractivity contribution in [1.29, 1.82) is 0 Å². The highest BCUT2D eigenvalue weighted by Gasteiger charge is 2.34. The molecular weight excluding hydrogens is 208 g/mol. The fraction of sp³-hybridized carbons (Fsp3) is 0.750. The number of ether oxygens (including phenoxy) is 1. The second-order valence-corrected chi connectivity index (χ2v) is 2.94. The molecule has 0 fully saturated rings. The highest BCUT2D eigenvalue weighted by molar-refractivity contribution is 5.67. The van der Waals surface area contributed by atoms with E-state index in [1.54, 1.807) is 0 Å². The van der Waals surface area contributed by atoms with Crippen LogP contribution in [0.25, 0.3) is 0 Å². The van der Waals surface area contributed by atoms with Crippen LogP contribution in [0.2, 0.25) is 0 Å². The first kappa shape index (κ1) is 14.0. The number of aldehydes is 1. The van der Waals surface area contributed by atoms with Gasteiger partial charge in [0.25, 0.3) is 0 Å². The summed E-state index contributed by atoms with van der Waals surface area (Å²) in [6.07, 6.45) is -6.64. The van der Waals surface area contributed by atoms with Gasteiger partial charge < -0.3 is 30.0 Å². The van der Waals surface area contributed by atoms with Gasteiger partial charge in [0.05, 0.1) is 6.61 Å². The van der Waals surface area contributed by atoms with Crippen molar-refractivity contribution in [3.05, 3.63) is 0 Å². The fourth-order valence-electron chi connectivity index (χ4n) is 0.937. The molecule has 0 aliphatic rings. The molecule has 0 aliphatic heterocycles. The average molecular weight is 222 g/mol. The average Bonchev–Trinajstić information content (AvgIpc) is 2.22. The van der Waals surface area contributed by atoms with E-state index in [0.29, 0.717) is 0 Å². The number of carbonyl (C=O) groups is 2. The van der Waals surface area contributed by atoms with Crippen molar-refractivity contribution >= 4 is 12.3 Å². The molecule has 0 radical (unpaired) electrons. The van der Waals surface area contributed by atoms with Gasteiger partial charge in [-0.05, 0) is 0 Å². The SMILES string of the molecule is CC(=O)O[C@@H]([C@H](O)[C@H](O)CO)[C@H](O)C=O. The standard InChI is InChI=1S/C8H14O7/c1-4(11)15-8(6(13)3-10)7(14)5(12)2-9/h3,5-9,12-14H,2H2,1H3/t5-,6-,7-,8-/m1/s1. The normalized spacial score (nSPS) is 18.7. The molecule has 0 aliphatic carbocycles. The van der Waals surface area contributed by atoms with Gasteiger partial charge in [0.2, 0.25) is 0 Å². The van der Waals surface area contributed by atoms with E-state index in [9.17, 15) is 14.7 Å². The number of hydrogen-bond acceptors (Lipinski definition) is 7. The first-order chi connectivity index (χ1) is 6.93. The monoisotopic (exact) mass is 222 g/mol. The molecule has 0 amide bonds. The lowest BCUT2D eigenvalue weighted by Crippen LogP contribution is -2.48. The smallest absolute Gasteiger partial charge is 0.303 e. The molecule has 0 saturated heterocycles. The maximum Gasteiger partial charge on any atom is 0.303 e. The summed E-state index contributed by atoms with van der Waals surface area (Å²) in [4.78, 5) is 20.8. The van der Waals surface area contributed by atoms with E-state index in [1.807, 2.05) is 0 Å². The first-order valence-electron chi connectivity index (χ1n) is 4.21. The van der Waals surface area contributed by atoms with Gasteiger partial charge in [0.15, 0.2) is 12.4 Å². The summed E-state index contributed by atoms with van der Waals surface area (Å²) < 4.78 is 4.45. The lowest BCUT2D eigenvalue weighted by atomic mass is 10.0. The number of aliphatic hydroxyl groups excluding tert-OH is 4. The van der Waals surface area contributed by atoms with Gasteiger partial charge in [-0.25, -0.2) is 0 Å². The maximum absolute atomic E-state index is 10.6. The molecule has 0 heterocycles. The number of rotatable bonds is 6. The zero-order valence-corrected chi connectivity index (χ0v) is 8.11. The van der Waals surface area contributed by atoms with Gasteiger partial charge in [-0.2, -0.15) is 0 Å². The molecule has 0 bridgehead atoms. The van der Waals surface area contributed by atoms with Crippen molar-refractivity contribution in [1.82, 2.24) is 0 Å². The summed E-state index contributed by atoms with van der Waals surface area (Å²) in [5.41, 5.74) is 0. The molecule has 4 N–H and O–H groups in total. The third-order valence-electron chi connectivity index (χ3n) is 1.70. The van der Waals surface area contributed by atoms with Crippen molar-refractivity contribution < 1.29 is 34.8 Å². The zero-order valence-electron chi connectivity index (χ0n) is 8.11. The minimum Gasteiger partial charge on any atom is -0.456 e. The molecule has 15 heavy (non-hydrogen) atoms. The van der Waals surface area contributed by atoms with E-state index < -0.39 is 37.0 Å². The molecule has 0 aromatic heterocycles. The van der Waals surface area contributed by atoms with Gasteiger partial charge in [-0.15, -0.1) is 0 Å². The molecule has 88 valence electrons. The Labute approximate surface area is 85.9 Å². The van der Waals surface area contributed by atoms with E-state index in [4.69, 9.17) is 15.3 Å². The Bertz CT molecular complexity index is 217. The number of hydrogen-bond donors (Lipinski definition) is 4. The van der Waals surface area contributed by atoms with Crippen molar-refractivity contribution in [2.24, 2.45) is 0 Å². The molecule has 0 saturated carbocycles.